The molecule has 2 amide bonds. The van der Waals surface area contributed by atoms with Crippen molar-refractivity contribution in [2.24, 2.45) is 0 Å². The number of carbonyl (C=O) groups is 2. The molecular weight excluding hydrogens is 510 g/mol. The van der Waals surface area contributed by atoms with Crippen molar-refractivity contribution in [2.75, 3.05) is 37.5 Å². The minimum absolute atomic E-state index is 0.0393. The van der Waals surface area contributed by atoms with Crippen LogP contribution in [0.2, 0.25) is 0 Å². The van der Waals surface area contributed by atoms with Gasteiger partial charge in [-0.05, 0) is 36.8 Å². The van der Waals surface area contributed by atoms with Crippen molar-refractivity contribution in [3.63, 3.8) is 0 Å². The lowest BCUT2D eigenvalue weighted by atomic mass is 9.87. The Morgan fingerprint density at radius 3 is 2.53 bits per heavy atom. The number of amides is 2. The zero-order chi connectivity index (χ0) is 27.4. The summed E-state index contributed by atoms with van der Waals surface area (Å²) in [5.74, 6) is -1.01. The molecule has 202 valence electrons. The Bertz CT molecular complexity index is 1300. The van der Waals surface area contributed by atoms with Crippen LogP contribution in [0.5, 0.6) is 0 Å². The van der Waals surface area contributed by atoms with Crippen molar-refractivity contribution in [3.8, 4) is 5.69 Å². The van der Waals surface area contributed by atoms with Crippen LogP contribution in [0.15, 0.2) is 48.5 Å². The van der Waals surface area contributed by atoms with Crippen molar-refractivity contribution >= 4 is 29.4 Å². The van der Waals surface area contributed by atoms with Gasteiger partial charge in [0.2, 0.25) is 11.8 Å². The second-order valence-corrected chi connectivity index (χ2v) is 11.2. The maximum Gasteiger partial charge on any atom is 0.240 e. The lowest BCUT2D eigenvalue weighted by molar-refractivity contribution is -0.122. The molecule has 0 saturated carbocycles. The molecule has 0 bridgehead atoms. The van der Waals surface area contributed by atoms with E-state index in [0.717, 1.165) is 0 Å². The van der Waals surface area contributed by atoms with Gasteiger partial charge in [0.1, 0.15) is 24.0 Å². The number of fused-ring (bicyclic) bond motifs is 1. The fourth-order valence-electron chi connectivity index (χ4n) is 4.41. The highest BCUT2D eigenvalue weighted by Gasteiger charge is 2.40. The van der Waals surface area contributed by atoms with E-state index in [1.54, 1.807) is 42.1 Å². The lowest BCUT2D eigenvalue weighted by Crippen LogP contribution is -2.42. The summed E-state index contributed by atoms with van der Waals surface area (Å²) in [5, 5.41) is 7.19. The van der Waals surface area contributed by atoms with E-state index in [1.165, 1.54) is 34.9 Å². The summed E-state index contributed by atoms with van der Waals surface area (Å²) in [6.45, 7) is 6.65. The van der Waals surface area contributed by atoms with Gasteiger partial charge in [0.15, 0.2) is 0 Å². The molecule has 1 unspecified atom stereocenters. The monoisotopic (exact) mass is 542 g/mol. The van der Waals surface area contributed by atoms with Crippen LogP contribution < -0.4 is 10.2 Å². The molecule has 0 spiro atoms. The molecule has 4 rings (SSSR count). The number of benzene rings is 2. The minimum Gasteiger partial charge on any atom is -0.385 e. The van der Waals surface area contributed by atoms with Gasteiger partial charge in [-0.25, -0.2) is 13.5 Å². The Morgan fingerprint density at radius 1 is 1.16 bits per heavy atom. The third-order valence-corrected chi connectivity index (χ3v) is 7.44. The van der Waals surface area contributed by atoms with Crippen LogP contribution >= 0.6 is 11.8 Å². The first kappa shape index (κ1) is 27.8. The zero-order valence-corrected chi connectivity index (χ0v) is 22.8. The average Bonchev–Trinajstić information content (AvgIpc) is 3.21. The molecule has 10 heteroatoms. The zero-order valence-electron chi connectivity index (χ0n) is 22.0. The summed E-state index contributed by atoms with van der Waals surface area (Å²) in [5.41, 5.74) is 1.80. The van der Waals surface area contributed by atoms with Gasteiger partial charge in [-0.15, -0.1) is 11.8 Å². The molecule has 1 atom stereocenters. The summed E-state index contributed by atoms with van der Waals surface area (Å²) < 4.78 is 35.6. The van der Waals surface area contributed by atoms with Crippen molar-refractivity contribution < 1.29 is 23.1 Å². The molecule has 2 heterocycles. The van der Waals surface area contributed by atoms with E-state index in [-0.39, 0.29) is 29.9 Å². The number of methoxy groups -OCH3 is 1. The summed E-state index contributed by atoms with van der Waals surface area (Å²) >= 11 is 1.31. The number of aromatic nitrogens is 2. The van der Waals surface area contributed by atoms with Crippen molar-refractivity contribution in [1.29, 1.82) is 0 Å². The molecule has 38 heavy (non-hydrogen) atoms. The number of hydrogen-bond acceptors (Lipinski definition) is 5. The maximum absolute atomic E-state index is 15.2. The van der Waals surface area contributed by atoms with Crippen molar-refractivity contribution in [2.45, 2.75) is 37.9 Å². The van der Waals surface area contributed by atoms with E-state index >= 15 is 4.39 Å². The smallest absolute Gasteiger partial charge is 0.240 e. The Hall–Kier alpha value is -3.24. The van der Waals surface area contributed by atoms with Crippen LogP contribution in [0.4, 0.5) is 14.6 Å². The molecule has 1 aliphatic heterocycles. The molecule has 7 nitrogen and oxygen atoms in total. The van der Waals surface area contributed by atoms with E-state index in [4.69, 9.17) is 9.84 Å². The normalized spacial score (nSPS) is 15.8. The highest BCUT2D eigenvalue weighted by Crippen LogP contribution is 2.48. The number of rotatable bonds is 8. The first-order chi connectivity index (χ1) is 18.1. The van der Waals surface area contributed by atoms with Gasteiger partial charge in [-0.1, -0.05) is 39.0 Å². The van der Waals surface area contributed by atoms with Gasteiger partial charge >= 0.3 is 0 Å². The molecule has 3 aromatic rings. The van der Waals surface area contributed by atoms with Crippen LogP contribution in [0.1, 0.15) is 49.3 Å². The number of carbonyl (C=O) groups excluding carboxylic acids is 2. The van der Waals surface area contributed by atoms with Crippen LogP contribution in [0.25, 0.3) is 5.69 Å². The molecule has 0 aliphatic carbocycles. The van der Waals surface area contributed by atoms with Crippen LogP contribution in [-0.4, -0.2) is 54.2 Å². The van der Waals surface area contributed by atoms with Gasteiger partial charge in [0, 0.05) is 36.8 Å². The standard InChI is InChI=1S/C28H32F2N4O3S/c1-28(2,3)26-24-25(20-8-5-6-9-21(20)30)38-17-23(36)33(16-22(35)31-14-7-15-37-4)27(24)34(32-26)19-12-10-18(29)11-13-19/h5-6,8-13,25H,7,14-17H2,1-4H3,(H,31,35). The lowest BCUT2D eigenvalue weighted by Gasteiger charge is -2.24. The quantitative estimate of drug-likeness (QED) is 0.415. The van der Waals surface area contributed by atoms with Gasteiger partial charge in [0.05, 0.1) is 22.4 Å². The number of anilines is 1. The van der Waals surface area contributed by atoms with Gasteiger partial charge in [-0.3, -0.25) is 14.5 Å². The third-order valence-electron chi connectivity index (χ3n) is 6.21. The first-order valence-corrected chi connectivity index (χ1v) is 13.5. The maximum atomic E-state index is 15.2. The molecular formula is C28H32F2N4O3S. The van der Waals surface area contributed by atoms with E-state index in [2.05, 4.69) is 5.32 Å². The molecule has 0 radical (unpaired) electrons. The summed E-state index contributed by atoms with van der Waals surface area (Å²) in [7, 11) is 1.59. The number of hydrogen-bond donors (Lipinski definition) is 1. The Labute approximate surface area is 225 Å². The number of nitrogens with one attached hydrogen (secondary N) is 1. The molecule has 2 aromatic carbocycles. The van der Waals surface area contributed by atoms with Gasteiger partial charge in [-0.2, -0.15) is 5.10 Å². The van der Waals surface area contributed by atoms with Crippen LogP contribution in [0, 0.1) is 11.6 Å². The summed E-state index contributed by atoms with van der Waals surface area (Å²) in [6.07, 6.45) is 0.633. The Morgan fingerprint density at radius 2 is 1.87 bits per heavy atom. The topological polar surface area (TPSA) is 76.5 Å². The SMILES string of the molecule is COCCCNC(=O)CN1C(=O)CSC(c2ccccc2F)c2c(C(C)(C)C)nn(-c3ccc(F)cc3)c21. The summed E-state index contributed by atoms with van der Waals surface area (Å²) in [6, 6.07) is 12.3. The number of halogens is 2. The van der Waals surface area contributed by atoms with E-state index in [9.17, 15) is 14.0 Å². The molecule has 0 saturated heterocycles. The van der Waals surface area contributed by atoms with Crippen molar-refractivity contribution in [3.05, 3.63) is 77.0 Å². The fourth-order valence-corrected chi connectivity index (χ4v) is 5.63. The van der Waals surface area contributed by atoms with E-state index < -0.39 is 16.5 Å². The third kappa shape index (κ3) is 5.91. The average molecular weight is 543 g/mol. The first-order valence-electron chi connectivity index (χ1n) is 12.4. The molecule has 1 N–H and O–H groups in total. The second-order valence-electron chi connectivity index (χ2n) is 10.1. The number of ether oxygens (including phenoxy) is 1. The largest absolute Gasteiger partial charge is 0.385 e. The molecule has 1 aliphatic rings. The predicted molar refractivity (Wildman–Crippen MR) is 145 cm³/mol. The number of thioether (sulfide) groups is 1. The highest BCUT2D eigenvalue weighted by atomic mass is 32.2. The second kappa shape index (κ2) is 11.7. The van der Waals surface area contributed by atoms with E-state index in [1.807, 2.05) is 20.8 Å². The van der Waals surface area contributed by atoms with E-state index in [0.29, 0.717) is 47.9 Å². The van der Waals surface area contributed by atoms with Crippen molar-refractivity contribution in [1.82, 2.24) is 15.1 Å². The highest BCUT2D eigenvalue weighted by molar-refractivity contribution is 8.00. The van der Waals surface area contributed by atoms with Gasteiger partial charge < -0.3 is 10.1 Å². The fraction of sp³-hybridized carbons (Fsp3) is 0.393. The summed E-state index contributed by atoms with van der Waals surface area (Å²) in [4.78, 5) is 27.9. The Balaban J connectivity index is 1.91. The molecule has 1 aromatic heterocycles. The molecule has 0 fully saturated rings. The van der Waals surface area contributed by atoms with Crippen LogP contribution in [0.3, 0.4) is 0 Å². The van der Waals surface area contributed by atoms with Crippen LogP contribution in [-0.2, 0) is 19.7 Å². The van der Waals surface area contributed by atoms with Gasteiger partial charge in [0.25, 0.3) is 0 Å². The Kier molecular flexibility index (Phi) is 8.52. The number of nitrogens with zero attached hydrogens (tertiary/aromatic N) is 3. The predicted octanol–water partition coefficient (Wildman–Crippen LogP) is 4.77. The minimum atomic E-state index is -0.548.